The van der Waals surface area contributed by atoms with E-state index in [-0.39, 0.29) is 0 Å². The van der Waals surface area contributed by atoms with E-state index in [2.05, 4.69) is 5.32 Å². The SMILES string of the molecule is CCNCC[S+]=O. The van der Waals surface area contributed by atoms with Gasteiger partial charge >= 0.3 is 11.7 Å². The van der Waals surface area contributed by atoms with Crippen molar-refractivity contribution >= 4 is 11.7 Å². The highest BCUT2D eigenvalue weighted by Gasteiger charge is 1.92. The Balaban J connectivity index is 2.56. The van der Waals surface area contributed by atoms with Crippen molar-refractivity contribution < 1.29 is 4.21 Å². The maximum absolute atomic E-state index is 9.68. The Hall–Kier alpha value is -0.0200. The van der Waals surface area contributed by atoms with Crippen LogP contribution < -0.4 is 5.32 Å². The molecule has 0 bridgehead atoms. The molecule has 42 valence electrons. The predicted octanol–water partition coefficient (Wildman–Crippen LogP) is 0.0240. The molecule has 3 heteroatoms. The lowest BCUT2D eigenvalue weighted by Gasteiger charge is -1.86. The molecule has 2 nitrogen and oxygen atoms in total. The van der Waals surface area contributed by atoms with Crippen LogP contribution in [-0.4, -0.2) is 18.8 Å². The highest BCUT2D eigenvalue weighted by atomic mass is 32.1. The number of nitrogens with one attached hydrogen (secondary N) is 1. The molecule has 0 radical (unpaired) electrons. The molecular weight excluding hydrogens is 110 g/mol. The first-order valence-electron chi connectivity index (χ1n) is 2.37. The van der Waals surface area contributed by atoms with E-state index in [1.165, 1.54) is 0 Å². The molecule has 0 aliphatic rings. The van der Waals surface area contributed by atoms with Gasteiger partial charge in [-0.15, -0.1) is 0 Å². The van der Waals surface area contributed by atoms with Crippen molar-refractivity contribution in [2.75, 3.05) is 18.8 Å². The van der Waals surface area contributed by atoms with E-state index in [0.717, 1.165) is 13.1 Å². The Kier molecular flexibility index (Phi) is 5.96. The topological polar surface area (TPSA) is 29.1 Å². The summed E-state index contributed by atoms with van der Waals surface area (Å²) in [6, 6.07) is 0. The lowest BCUT2D eigenvalue weighted by atomic mass is 10.7. The van der Waals surface area contributed by atoms with Crippen molar-refractivity contribution in [2.45, 2.75) is 6.92 Å². The molecule has 0 saturated heterocycles. The summed E-state index contributed by atoms with van der Waals surface area (Å²) in [5, 5.41) is 3.03. The van der Waals surface area contributed by atoms with E-state index in [4.69, 9.17) is 0 Å². The van der Waals surface area contributed by atoms with Crippen LogP contribution in [0.2, 0.25) is 0 Å². The molecule has 0 aromatic rings. The van der Waals surface area contributed by atoms with Gasteiger partial charge in [0.25, 0.3) is 0 Å². The van der Waals surface area contributed by atoms with Gasteiger partial charge in [0.05, 0.1) is 6.54 Å². The fourth-order valence-electron chi connectivity index (χ4n) is 0.291. The van der Waals surface area contributed by atoms with Crippen LogP contribution in [-0.2, 0) is 15.9 Å². The fourth-order valence-corrected chi connectivity index (χ4v) is 0.518. The van der Waals surface area contributed by atoms with Crippen molar-refractivity contribution in [3.8, 4) is 0 Å². The summed E-state index contributed by atoms with van der Waals surface area (Å²) in [4.78, 5) is 0. The number of rotatable bonds is 4. The zero-order valence-corrected chi connectivity index (χ0v) is 5.25. The van der Waals surface area contributed by atoms with E-state index < -0.39 is 0 Å². The van der Waals surface area contributed by atoms with Gasteiger partial charge in [-0.2, -0.15) is 0 Å². The molecule has 0 rings (SSSR count). The van der Waals surface area contributed by atoms with E-state index in [9.17, 15) is 4.21 Å². The van der Waals surface area contributed by atoms with Crippen LogP contribution in [0, 0.1) is 0 Å². The minimum atomic E-state index is 0.629. The Morgan fingerprint density at radius 3 is 2.86 bits per heavy atom. The van der Waals surface area contributed by atoms with Crippen LogP contribution in [0.15, 0.2) is 0 Å². The average molecular weight is 120 g/mol. The molecule has 0 fully saturated rings. The molecule has 0 spiro atoms. The highest BCUT2D eigenvalue weighted by molar-refractivity contribution is 7.65. The quantitative estimate of drug-likeness (QED) is 0.419. The third-order valence-electron chi connectivity index (χ3n) is 0.612. The molecule has 0 aromatic carbocycles. The van der Waals surface area contributed by atoms with Gasteiger partial charge in [0, 0.05) is 4.21 Å². The normalized spacial score (nSPS) is 8.71. The molecule has 0 atom stereocenters. The van der Waals surface area contributed by atoms with Crippen molar-refractivity contribution in [1.29, 1.82) is 0 Å². The monoisotopic (exact) mass is 120 g/mol. The van der Waals surface area contributed by atoms with Crippen molar-refractivity contribution in [2.24, 2.45) is 0 Å². The number of hydrogen-bond acceptors (Lipinski definition) is 2. The van der Waals surface area contributed by atoms with Crippen LogP contribution in [0.25, 0.3) is 0 Å². The Morgan fingerprint density at radius 2 is 2.43 bits per heavy atom. The van der Waals surface area contributed by atoms with Crippen LogP contribution in [0.3, 0.4) is 0 Å². The van der Waals surface area contributed by atoms with Crippen LogP contribution >= 0.6 is 0 Å². The maximum atomic E-state index is 9.68. The summed E-state index contributed by atoms with van der Waals surface area (Å²) in [6.45, 7) is 3.82. The lowest BCUT2D eigenvalue weighted by molar-refractivity contribution is 0.603. The first-order chi connectivity index (χ1) is 3.41. The molecular formula is C4H10NOS+. The van der Waals surface area contributed by atoms with Gasteiger partial charge in [0.15, 0.2) is 0 Å². The summed E-state index contributed by atoms with van der Waals surface area (Å²) in [6.07, 6.45) is 0. The summed E-state index contributed by atoms with van der Waals surface area (Å²) in [5.74, 6) is 0.674. The second-order valence-corrected chi connectivity index (χ2v) is 1.82. The molecule has 0 aliphatic carbocycles. The van der Waals surface area contributed by atoms with Crippen LogP contribution in [0.4, 0.5) is 0 Å². The Labute approximate surface area is 47.8 Å². The molecule has 0 amide bonds. The van der Waals surface area contributed by atoms with E-state index in [1.54, 1.807) is 0 Å². The number of hydrogen-bond donors (Lipinski definition) is 1. The van der Waals surface area contributed by atoms with Gasteiger partial charge in [-0.3, -0.25) is 0 Å². The third-order valence-corrected chi connectivity index (χ3v) is 0.983. The van der Waals surface area contributed by atoms with Crippen molar-refractivity contribution in [1.82, 2.24) is 5.32 Å². The first-order valence-corrected chi connectivity index (χ1v) is 3.28. The molecule has 1 N–H and O–H groups in total. The van der Waals surface area contributed by atoms with Crippen molar-refractivity contribution in [3.05, 3.63) is 0 Å². The molecule has 0 aliphatic heterocycles. The standard InChI is InChI=1S/C4H10NOS/c1-2-5-3-4-7-6/h5H,2-4H2,1H3/q+1. The highest BCUT2D eigenvalue weighted by Crippen LogP contribution is 1.57. The van der Waals surface area contributed by atoms with Gasteiger partial charge in [-0.05, 0) is 6.54 Å². The summed E-state index contributed by atoms with van der Waals surface area (Å²) < 4.78 is 9.68. The van der Waals surface area contributed by atoms with Crippen LogP contribution in [0.5, 0.6) is 0 Å². The first kappa shape index (κ1) is 6.98. The smallest absolute Gasteiger partial charge is 0.312 e. The molecule has 0 heterocycles. The maximum Gasteiger partial charge on any atom is 0.460 e. The van der Waals surface area contributed by atoms with Gasteiger partial charge in [-0.1, -0.05) is 6.92 Å². The molecule has 7 heavy (non-hydrogen) atoms. The Bertz CT molecular complexity index is 49.0. The fraction of sp³-hybridized carbons (Fsp3) is 1.00. The molecule has 0 unspecified atom stereocenters. The van der Waals surface area contributed by atoms with E-state index in [1.807, 2.05) is 6.92 Å². The zero-order chi connectivity index (χ0) is 5.54. The predicted molar refractivity (Wildman–Crippen MR) is 31.5 cm³/mol. The van der Waals surface area contributed by atoms with Gasteiger partial charge in [0.1, 0.15) is 0 Å². The van der Waals surface area contributed by atoms with E-state index in [0.29, 0.717) is 17.4 Å². The van der Waals surface area contributed by atoms with Crippen molar-refractivity contribution in [3.63, 3.8) is 0 Å². The summed E-state index contributed by atoms with van der Waals surface area (Å²) in [5.41, 5.74) is 0. The average Bonchev–Trinajstić information content (AvgIpc) is 1.69. The van der Waals surface area contributed by atoms with Crippen LogP contribution in [0.1, 0.15) is 6.92 Å². The second kappa shape index (κ2) is 5.98. The minimum Gasteiger partial charge on any atom is -0.312 e. The Morgan fingerprint density at radius 1 is 1.71 bits per heavy atom. The summed E-state index contributed by atoms with van der Waals surface area (Å²) >= 11 is 0.629. The van der Waals surface area contributed by atoms with Gasteiger partial charge in [0.2, 0.25) is 5.75 Å². The molecule has 0 aromatic heterocycles. The molecule has 0 saturated carbocycles. The van der Waals surface area contributed by atoms with Gasteiger partial charge < -0.3 is 5.32 Å². The zero-order valence-electron chi connectivity index (χ0n) is 4.44. The van der Waals surface area contributed by atoms with Gasteiger partial charge in [-0.25, -0.2) is 0 Å². The third kappa shape index (κ3) is 5.98. The lowest BCUT2D eigenvalue weighted by Crippen LogP contribution is -2.16. The minimum absolute atomic E-state index is 0.629. The largest absolute Gasteiger partial charge is 0.460 e. The van der Waals surface area contributed by atoms with E-state index >= 15 is 0 Å². The second-order valence-electron chi connectivity index (χ2n) is 1.18. The summed E-state index contributed by atoms with van der Waals surface area (Å²) in [7, 11) is 0.